The summed E-state index contributed by atoms with van der Waals surface area (Å²) in [6, 6.07) is 7.83. The topological polar surface area (TPSA) is 101 Å². The normalized spacial score (nSPS) is 15.7. The Hall–Kier alpha value is -2.15. The summed E-state index contributed by atoms with van der Waals surface area (Å²) in [7, 11) is -1.92. The maximum Gasteiger partial charge on any atom is 0.272 e. The van der Waals surface area contributed by atoms with Gasteiger partial charge in [0.05, 0.1) is 7.11 Å². The molecule has 0 bridgehead atoms. The van der Waals surface area contributed by atoms with Crippen LogP contribution in [-0.4, -0.2) is 65.6 Å². The molecule has 0 radical (unpaired) electrons. The van der Waals surface area contributed by atoms with Crippen LogP contribution in [0.25, 0.3) is 0 Å². The highest BCUT2D eigenvalue weighted by Crippen LogP contribution is 2.24. The van der Waals surface area contributed by atoms with Crippen LogP contribution >= 0.6 is 22.9 Å². The van der Waals surface area contributed by atoms with E-state index in [1.54, 1.807) is 7.11 Å². The maximum atomic E-state index is 12.5. The van der Waals surface area contributed by atoms with Crippen LogP contribution in [0.1, 0.15) is 11.4 Å². The lowest BCUT2D eigenvalue weighted by molar-refractivity contribution is 0.384. The predicted molar refractivity (Wildman–Crippen MR) is 107 cm³/mol. The number of nitrogens with zero attached hydrogens (tertiary/aromatic N) is 6. The lowest BCUT2D eigenvalue weighted by atomic mass is 10.1. The van der Waals surface area contributed by atoms with Gasteiger partial charge < -0.3 is 9.64 Å². The van der Waals surface area contributed by atoms with Crippen molar-refractivity contribution >= 4 is 38.0 Å². The average Bonchev–Trinajstić information content (AvgIpc) is 3.41. The Morgan fingerprint density at radius 1 is 1.21 bits per heavy atom. The van der Waals surface area contributed by atoms with Crippen LogP contribution in [0.3, 0.4) is 0 Å². The molecule has 3 heterocycles. The summed E-state index contributed by atoms with van der Waals surface area (Å²) in [4.78, 5) is 6.69. The molecule has 0 saturated carbocycles. The van der Waals surface area contributed by atoms with E-state index in [4.69, 9.17) is 4.74 Å². The predicted octanol–water partition coefficient (Wildman–Crippen LogP) is 1.50. The quantitative estimate of drug-likeness (QED) is 0.571. The minimum Gasteiger partial charge on any atom is -0.497 e. The first-order chi connectivity index (χ1) is 13.6. The second kappa shape index (κ2) is 8.07. The second-order valence-corrected chi connectivity index (χ2v) is 9.79. The van der Waals surface area contributed by atoms with Gasteiger partial charge in [-0.3, -0.25) is 0 Å². The number of rotatable bonds is 6. The highest BCUT2D eigenvalue weighted by molar-refractivity contribution is 7.91. The monoisotopic (exact) mass is 438 g/mol. The highest BCUT2D eigenvalue weighted by Gasteiger charge is 2.31. The van der Waals surface area contributed by atoms with E-state index < -0.39 is 10.0 Å². The summed E-state index contributed by atoms with van der Waals surface area (Å²) in [5.74, 6) is 1.55. The fourth-order valence-corrected chi connectivity index (χ4v) is 5.88. The average molecular weight is 439 g/mol. The van der Waals surface area contributed by atoms with E-state index in [1.165, 1.54) is 21.3 Å². The number of anilines is 1. The molecule has 28 heavy (non-hydrogen) atoms. The van der Waals surface area contributed by atoms with E-state index in [2.05, 4.69) is 24.5 Å². The molecule has 1 aromatic carbocycles. The van der Waals surface area contributed by atoms with Crippen LogP contribution in [-0.2, 0) is 16.4 Å². The minimum atomic E-state index is -3.56. The molecule has 9 nitrogen and oxygen atoms in total. The Bertz CT molecular complexity index is 1030. The van der Waals surface area contributed by atoms with Crippen molar-refractivity contribution in [3.05, 3.63) is 41.2 Å². The van der Waals surface area contributed by atoms with Crippen molar-refractivity contribution in [3.63, 3.8) is 0 Å². The molecular formula is C16H18N6O3S3. The fraction of sp³-hybridized carbons (Fsp3) is 0.375. The van der Waals surface area contributed by atoms with Crippen LogP contribution in [0.2, 0.25) is 0 Å². The van der Waals surface area contributed by atoms with Crippen LogP contribution in [0.4, 0.5) is 5.13 Å². The number of benzene rings is 1. The van der Waals surface area contributed by atoms with Gasteiger partial charge in [0, 0.05) is 44.1 Å². The van der Waals surface area contributed by atoms with Gasteiger partial charge in [-0.15, -0.1) is 10.2 Å². The molecular weight excluding hydrogens is 420 g/mol. The first-order valence-electron chi connectivity index (χ1n) is 8.53. The van der Waals surface area contributed by atoms with Gasteiger partial charge in [0.25, 0.3) is 10.0 Å². The third-order valence-electron chi connectivity index (χ3n) is 4.36. The molecule has 0 atom stereocenters. The molecule has 1 aliphatic rings. The molecule has 1 fully saturated rings. The van der Waals surface area contributed by atoms with Gasteiger partial charge in [-0.1, -0.05) is 23.5 Å². The van der Waals surface area contributed by atoms with Gasteiger partial charge in [-0.25, -0.2) is 13.4 Å². The highest BCUT2D eigenvalue weighted by atomic mass is 32.2. The zero-order valence-corrected chi connectivity index (χ0v) is 17.5. The molecule has 0 aliphatic carbocycles. The van der Waals surface area contributed by atoms with Crippen molar-refractivity contribution in [1.29, 1.82) is 0 Å². The van der Waals surface area contributed by atoms with E-state index in [0.29, 0.717) is 32.6 Å². The van der Waals surface area contributed by atoms with E-state index in [-0.39, 0.29) is 4.34 Å². The Balaban J connectivity index is 1.39. The van der Waals surface area contributed by atoms with E-state index in [9.17, 15) is 8.42 Å². The number of sulfonamides is 1. The molecule has 12 heteroatoms. The Morgan fingerprint density at radius 2 is 2.04 bits per heavy atom. The first kappa shape index (κ1) is 19.2. The smallest absolute Gasteiger partial charge is 0.272 e. The molecule has 3 aromatic rings. The number of ether oxygens (including phenoxy) is 1. The van der Waals surface area contributed by atoms with Crippen molar-refractivity contribution in [1.82, 2.24) is 23.9 Å². The summed E-state index contributed by atoms with van der Waals surface area (Å²) in [6.07, 6.45) is 0.624. The van der Waals surface area contributed by atoms with Crippen LogP contribution in [0.15, 0.2) is 34.1 Å². The molecule has 1 aliphatic heterocycles. The van der Waals surface area contributed by atoms with Gasteiger partial charge in [-0.2, -0.15) is 8.68 Å². The number of hydrogen-bond donors (Lipinski definition) is 0. The molecule has 0 unspecified atom stereocenters. The molecule has 148 valence electrons. The zero-order valence-electron chi connectivity index (χ0n) is 15.1. The minimum absolute atomic E-state index is 0.0393. The van der Waals surface area contributed by atoms with Crippen molar-refractivity contribution < 1.29 is 13.2 Å². The Morgan fingerprint density at radius 3 is 2.75 bits per heavy atom. The van der Waals surface area contributed by atoms with Crippen molar-refractivity contribution in [2.75, 3.05) is 38.2 Å². The second-order valence-electron chi connectivity index (χ2n) is 6.12. The standard InChI is InChI=1S/C16H18N6O3S3/c1-25-13-4-2-3-12(9-13)10-14-18-15(27-20-14)21-5-7-22(8-6-21)28(23,24)16-19-17-11-26-16/h2-4,9,11H,5-8,10H2,1H3. The zero-order chi connectivity index (χ0) is 19.6. The molecule has 1 saturated heterocycles. The van der Waals surface area contributed by atoms with Gasteiger partial charge in [-0.05, 0) is 17.7 Å². The summed E-state index contributed by atoms with van der Waals surface area (Å²) < 4.78 is 36.2. The Labute approximate surface area is 170 Å². The number of piperazine rings is 1. The van der Waals surface area contributed by atoms with Crippen molar-refractivity contribution in [3.8, 4) is 5.75 Å². The van der Waals surface area contributed by atoms with Crippen molar-refractivity contribution in [2.45, 2.75) is 10.8 Å². The molecule has 0 spiro atoms. The summed E-state index contributed by atoms with van der Waals surface area (Å²) in [6.45, 7) is 1.89. The molecule has 0 N–H and O–H groups in total. The van der Waals surface area contributed by atoms with Gasteiger partial charge >= 0.3 is 0 Å². The molecule has 4 rings (SSSR count). The maximum absolute atomic E-state index is 12.5. The van der Waals surface area contributed by atoms with Crippen molar-refractivity contribution in [2.24, 2.45) is 0 Å². The van der Waals surface area contributed by atoms with Gasteiger partial charge in [0.2, 0.25) is 9.47 Å². The lowest BCUT2D eigenvalue weighted by Crippen LogP contribution is -2.48. The lowest BCUT2D eigenvalue weighted by Gasteiger charge is -2.32. The van der Waals surface area contributed by atoms with Gasteiger partial charge in [0.1, 0.15) is 17.1 Å². The SMILES string of the molecule is COc1cccc(Cc2nsc(N3CCN(S(=O)(=O)c4nncs4)CC3)n2)c1. The third kappa shape index (κ3) is 3.99. The van der Waals surface area contributed by atoms with Crippen LogP contribution in [0.5, 0.6) is 5.75 Å². The summed E-state index contributed by atoms with van der Waals surface area (Å²) >= 11 is 2.37. The van der Waals surface area contributed by atoms with E-state index in [0.717, 1.165) is 33.6 Å². The molecule has 0 amide bonds. The summed E-state index contributed by atoms with van der Waals surface area (Å²) in [5, 5.41) is 8.12. The first-order valence-corrected chi connectivity index (χ1v) is 11.6. The number of methoxy groups -OCH3 is 1. The number of aromatic nitrogens is 4. The fourth-order valence-electron chi connectivity index (χ4n) is 2.92. The largest absolute Gasteiger partial charge is 0.497 e. The third-order valence-corrected chi connectivity index (χ3v) is 8.15. The number of hydrogen-bond acceptors (Lipinski definition) is 10. The van der Waals surface area contributed by atoms with E-state index in [1.807, 2.05) is 24.3 Å². The molecule has 2 aromatic heterocycles. The van der Waals surface area contributed by atoms with E-state index >= 15 is 0 Å². The Kier molecular flexibility index (Phi) is 5.53. The van der Waals surface area contributed by atoms with Crippen LogP contribution in [0, 0.1) is 0 Å². The van der Waals surface area contributed by atoms with Crippen LogP contribution < -0.4 is 9.64 Å². The van der Waals surface area contributed by atoms with Gasteiger partial charge in [0.15, 0.2) is 0 Å². The summed E-state index contributed by atoms with van der Waals surface area (Å²) in [5.41, 5.74) is 2.51.